The molecule has 2 amide bonds. The minimum atomic E-state index is -1.02. The summed E-state index contributed by atoms with van der Waals surface area (Å²) in [5.74, 6) is -0.918. The van der Waals surface area contributed by atoms with Crippen molar-refractivity contribution in [3.63, 3.8) is 0 Å². The van der Waals surface area contributed by atoms with Crippen LogP contribution in [0.4, 0.5) is 4.79 Å². The number of esters is 1. The Morgan fingerprint density at radius 3 is 2.50 bits per heavy atom. The molecule has 200 valence electrons. The molecule has 0 aliphatic rings. The van der Waals surface area contributed by atoms with Crippen molar-refractivity contribution in [3.05, 3.63) is 82.2 Å². The van der Waals surface area contributed by atoms with Crippen LogP contribution in [-0.4, -0.2) is 46.1 Å². The van der Waals surface area contributed by atoms with Gasteiger partial charge in [0.25, 0.3) is 0 Å². The van der Waals surface area contributed by atoms with Gasteiger partial charge in [-0.3, -0.25) is 14.9 Å². The van der Waals surface area contributed by atoms with E-state index < -0.39 is 34.5 Å². The summed E-state index contributed by atoms with van der Waals surface area (Å²) in [4.78, 5) is 50.7. The van der Waals surface area contributed by atoms with E-state index in [0.717, 1.165) is 22.7 Å². The Labute approximate surface area is 219 Å². The molecule has 1 heterocycles. The summed E-state index contributed by atoms with van der Waals surface area (Å²) in [6.45, 7) is 5.22. The van der Waals surface area contributed by atoms with Crippen LogP contribution in [0.2, 0.25) is 0 Å². The van der Waals surface area contributed by atoms with Crippen molar-refractivity contribution in [3.8, 4) is 5.75 Å². The number of hydrogen-bond acceptors (Lipinski definition) is 7. The molecule has 11 nitrogen and oxygen atoms in total. The second-order valence-electron chi connectivity index (χ2n) is 9.45. The number of fused-ring (bicyclic) bond motifs is 1. The summed E-state index contributed by atoms with van der Waals surface area (Å²) in [5, 5.41) is 16.6. The number of nitrogens with one attached hydrogen (secondary N) is 3. The molecule has 11 heteroatoms. The van der Waals surface area contributed by atoms with Gasteiger partial charge in [-0.05, 0) is 50.1 Å². The van der Waals surface area contributed by atoms with Crippen molar-refractivity contribution in [2.45, 2.75) is 45.3 Å². The SMILES string of the molecule is CC(C)(C)OC(=O)NCCC(=O)N[C@@H](Cc1c[nH]c2ccccc12)C(=O)Oc1ccc(/C=C/[N+](=O)[O-])cc1. The summed E-state index contributed by atoms with van der Waals surface area (Å²) < 4.78 is 10.7. The highest BCUT2D eigenvalue weighted by Gasteiger charge is 2.25. The number of para-hydroxylation sites is 1. The van der Waals surface area contributed by atoms with Crippen molar-refractivity contribution >= 4 is 34.9 Å². The maximum Gasteiger partial charge on any atom is 0.407 e. The fourth-order valence-electron chi connectivity index (χ4n) is 3.55. The molecule has 1 aromatic heterocycles. The molecular formula is C27H30N4O7. The number of aromatic amines is 1. The summed E-state index contributed by atoms with van der Waals surface area (Å²) in [5.41, 5.74) is 1.60. The zero-order chi connectivity index (χ0) is 27.7. The maximum atomic E-state index is 13.1. The van der Waals surface area contributed by atoms with E-state index in [1.807, 2.05) is 24.3 Å². The average Bonchev–Trinajstić information content (AvgIpc) is 3.25. The second kappa shape index (κ2) is 12.5. The Kier molecular flexibility index (Phi) is 9.20. The first-order chi connectivity index (χ1) is 18.0. The molecule has 0 spiro atoms. The first kappa shape index (κ1) is 27.9. The fourth-order valence-corrected chi connectivity index (χ4v) is 3.55. The number of nitrogens with zero attached hydrogens (tertiary/aromatic N) is 1. The van der Waals surface area contributed by atoms with Gasteiger partial charge in [-0.1, -0.05) is 30.3 Å². The molecule has 0 saturated heterocycles. The first-order valence-electron chi connectivity index (χ1n) is 11.9. The molecule has 0 bridgehead atoms. The third kappa shape index (κ3) is 8.77. The lowest BCUT2D eigenvalue weighted by molar-refractivity contribution is -0.400. The normalized spacial score (nSPS) is 12.2. The fraction of sp³-hybridized carbons (Fsp3) is 0.296. The van der Waals surface area contributed by atoms with E-state index in [0.29, 0.717) is 5.56 Å². The number of hydrogen-bond donors (Lipinski definition) is 3. The number of alkyl carbamates (subject to hydrolysis) is 1. The number of aromatic nitrogens is 1. The number of carbonyl (C=O) groups excluding carboxylic acids is 3. The summed E-state index contributed by atoms with van der Waals surface area (Å²) in [6, 6.07) is 12.7. The molecule has 0 fully saturated rings. The maximum absolute atomic E-state index is 13.1. The summed E-state index contributed by atoms with van der Waals surface area (Å²) in [6.07, 6.45) is 3.35. The van der Waals surface area contributed by atoms with Crippen LogP contribution in [0.25, 0.3) is 17.0 Å². The van der Waals surface area contributed by atoms with Crippen LogP contribution in [0.15, 0.2) is 60.9 Å². The average molecular weight is 523 g/mol. The number of carbonyl (C=O) groups is 3. The van der Waals surface area contributed by atoms with Crippen LogP contribution < -0.4 is 15.4 Å². The van der Waals surface area contributed by atoms with Crippen LogP contribution in [0, 0.1) is 10.1 Å². The van der Waals surface area contributed by atoms with E-state index in [4.69, 9.17) is 9.47 Å². The van der Waals surface area contributed by atoms with Gasteiger partial charge in [-0.25, -0.2) is 9.59 Å². The largest absolute Gasteiger partial charge is 0.444 e. The molecule has 2 aromatic carbocycles. The first-order valence-corrected chi connectivity index (χ1v) is 11.9. The second-order valence-corrected chi connectivity index (χ2v) is 9.45. The Balaban J connectivity index is 1.68. The lowest BCUT2D eigenvalue weighted by Gasteiger charge is -2.20. The standard InChI is InChI=1S/C27H30N4O7/c1-27(2,3)38-26(34)28-14-12-24(32)30-23(16-19-17-29-22-7-5-4-6-21(19)22)25(33)37-20-10-8-18(9-11-20)13-15-31(35)36/h4-11,13,15,17,23,29H,12,14,16H2,1-3H3,(H,28,34)(H,30,32)/b15-13+/t23-/m0/s1. The Morgan fingerprint density at radius 1 is 1.11 bits per heavy atom. The molecule has 38 heavy (non-hydrogen) atoms. The van der Waals surface area contributed by atoms with E-state index in [1.54, 1.807) is 39.1 Å². The highest BCUT2D eigenvalue weighted by atomic mass is 16.6. The van der Waals surface area contributed by atoms with Crippen LogP contribution in [0.5, 0.6) is 5.75 Å². The Morgan fingerprint density at radius 2 is 1.82 bits per heavy atom. The van der Waals surface area contributed by atoms with Gasteiger partial charge in [0.15, 0.2) is 0 Å². The number of H-pyrrole nitrogens is 1. The van der Waals surface area contributed by atoms with E-state index in [9.17, 15) is 24.5 Å². The monoisotopic (exact) mass is 522 g/mol. The number of amides is 2. The molecule has 0 aliphatic heterocycles. The van der Waals surface area contributed by atoms with E-state index in [2.05, 4.69) is 15.6 Å². The van der Waals surface area contributed by atoms with Crippen molar-refractivity contribution < 1.29 is 28.8 Å². The van der Waals surface area contributed by atoms with Crippen molar-refractivity contribution in [1.82, 2.24) is 15.6 Å². The predicted molar refractivity (Wildman–Crippen MR) is 141 cm³/mol. The van der Waals surface area contributed by atoms with E-state index in [-0.39, 0.29) is 25.1 Å². The highest BCUT2D eigenvalue weighted by Crippen LogP contribution is 2.20. The van der Waals surface area contributed by atoms with E-state index >= 15 is 0 Å². The molecule has 0 radical (unpaired) electrons. The van der Waals surface area contributed by atoms with Gasteiger partial charge in [-0.15, -0.1) is 0 Å². The molecule has 0 saturated carbocycles. The lowest BCUT2D eigenvalue weighted by atomic mass is 10.0. The Hall–Kier alpha value is -4.67. The molecule has 0 unspecified atom stereocenters. The number of benzene rings is 2. The highest BCUT2D eigenvalue weighted by molar-refractivity contribution is 5.88. The number of rotatable bonds is 10. The topological polar surface area (TPSA) is 153 Å². The van der Waals surface area contributed by atoms with Crippen molar-refractivity contribution in [1.29, 1.82) is 0 Å². The van der Waals surface area contributed by atoms with Gasteiger partial charge in [0.2, 0.25) is 12.1 Å². The van der Waals surface area contributed by atoms with Crippen LogP contribution in [-0.2, 0) is 20.7 Å². The third-order valence-electron chi connectivity index (χ3n) is 5.23. The van der Waals surface area contributed by atoms with Gasteiger partial charge < -0.3 is 25.1 Å². The minimum Gasteiger partial charge on any atom is -0.444 e. The van der Waals surface area contributed by atoms with Crippen molar-refractivity contribution in [2.75, 3.05) is 6.54 Å². The minimum absolute atomic E-state index is 0.0225. The summed E-state index contributed by atoms with van der Waals surface area (Å²) >= 11 is 0. The van der Waals surface area contributed by atoms with E-state index in [1.165, 1.54) is 18.2 Å². The van der Waals surface area contributed by atoms with Crippen molar-refractivity contribution in [2.24, 2.45) is 0 Å². The predicted octanol–water partition coefficient (Wildman–Crippen LogP) is 3.96. The van der Waals surface area contributed by atoms with Crippen LogP contribution in [0.3, 0.4) is 0 Å². The smallest absolute Gasteiger partial charge is 0.407 e. The number of nitro groups is 1. The van der Waals surface area contributed by atoms with Gasteiger partial charge in [0, 0.05) is 42.6 Å². The molecule has 0 aliphatic carbocycles. The van der Waals surface area contributed by atoms with Gasteiger partial charge in [0.05, 0.1) is 4.92 Å². The lowest BCUT2D eigenvalue weighted by Crippen LogP contribution is -2.45. The molecule has 3 rings (SSSR count). The molecule has 3 aromatic rings. The zero-order valence-electron chi connectivity index (χ0n) is 21.4. The van der Waals surface area contributed by atoms with Crippen LogP contribution in [0.1, 0.15) is 38.3 Å². The molecular weight excluding hydrogens is 492 g/mol. The summed E-state index contributed by atoms with van der Waals surface area (Å²) in [7, 11) is 0. The quantitative estimate of drug-likeness (QED) is 0.158. The zero-order valence-corrected chi connectivity index (χ0v) is 21.4. The Bertz CT molecular complexity index is 1320. The third-order valence-corrected chi connectivity index (χ3v) is 5.23. The molecule has 3 N–H and O–H groups in total. The molecule has 1 atom stereocenters. The van der Waals surface area contributed by atoms with Crippen LogP contribution >= 0.6 is 0 Å². The van der Waals surface area contributed by atoms with Gasteiger partial charge >= 0.3 is 12.1 Å². The van der Waals surface area contributed by atoms with Gasteiger partial charge in [0.1, 0.15) is 17.4 Å². The number of ether oxygens (including phenoxy) is 2. The van der Waals surface area contributed by atoms with Gasteiger partial charge in [-0.2, -0.15) is 0 Å².